The molecule has 286 valence electrons. The van der Waals surface area contributed by atoms with Crippen LogP contribution < -0.4 is 5.56 Å². The zero-order valence-electron chi connectivity index (χ0n) is 32.9. The van der Waals surface area contributed by atoms with Crippen molar-refractivity contribution in [3.05, 3.63) is 223 Å². The highest BCUT2D eigenvalue weighted by atomic mass is 16.1. The summed E-state index contributed by atoms with van der Waals surface area (Å²) in [5, 5.41) is 4.79. The van der Waals surface area contributed by atoms with Gasteiger partial charge in [-0.15, -0.1) is 0 Å². The molecule has 8 aromatic carbocycles. The maximum Gasteiger partial charge on any atom is 0.263 e. The minimum absolute atomic E-state index is 0.0463. The van der Waals surface area contributed by atoms with Gasteiger partial charge < -0.3 is 4.57 Å². The maximum atomic E-state index is 14.6. The van der Waals surface area contributed by atoms with Crippen molar-refractivity contribution in [2.24, 2.45) is 0 Å². The Morgan fingerprint density at radius 2 is 0.754 bits per heavy atom. The summed E-state index contributed by atoms with van der Waals surface area (Å²) in [4.78, 5) is 25.1. The third kappa shape index (κ3) is 5.54. The minimum Gasteiger partial charge on any atom is -0.307 e. The number of aromatic nitrogens is 5. The maximum absolute atomic E-state index is 14.6. The molecule has 6 nitrogen and oxygen atoms in total. The Balaban J connectivity index is 1.11. The molecule has 0 aliphatic rings. The fraction of sp³-hybridized carbons (Fsp3) is 0. The molecule has 4 heterocycles. The van der Waals surface area contributed by atoms with Gasteiger partial charge in [0.2, 0.25) is 5.95 Å². The summed E-state index contributed by atoms with van der Waals surface area (Å²) < 4.78 is 6.39. The monoisotopic (exact) mass is 781 g/mol. The van der Waals surface area contributed by atoms with Gasteiger partial charge in [0.1, 0.15) is 0 Å². The molecule has 0 aliphatic carbocycles. The lowest BCUT2D eigenvalue weighted by atomic mass is 10.0. The Morgan fingerprint density at radius 1 is 0.311 bits per heavy atom. The van der Waals surface area contributed by atoms with E-state index in [2.05, 4.69) is 130 Å². The Morgan fingerprint density at radius 3 is 1.36 bits per heavy atom. The number of rotatable bonds is 6. The molecule has 0 saturated carbocycles. The van der Waals surface area contributed by atoms with Crippen LogP contribution in [0, 0.1) is 0 Å². The van der Waals surface area contributed by atoms with Gasteiger partial charge in [-0.3, -0.25) is 13.9 Å². The quantitative estimate of drug-likeness (QED) is 0.169. The van der Waals surface area contributed by atoms with E-state index in [1.54, 1.807) is 0 Å². The van der Waals surface area contributed by atoms with Crippen molar-refractivity contribution in [3.63, 3.8) is 0 Å². The van der Waals surface area contributed by atoms with Crippen LogP contribution in [0.3, 0.4) is 0 Å². The van der Waals surface area contributed by atoms with Gasteiger partial charge in [0.25, 0.3) is 5.56 Å². The Labute approximate surface area is 350 Å². The standard InChI is InChI=1S/C55H35N5O/c61-54-44-27-14-13-26-43(44)52-53(59(54)41-23-11-4-12-24-41)46-34-39(30-32-51(46)58(52)40-21-9-3-10-22-40)38-29-31-50-45(33-38)42-25-15-16-28-49(42)60(50)55-56-47(36-17-5-1-6-18-36)35-48(57-55)37-19-7-2-8-20-37/h1-35H. The molecule has 0 fully saturated rings. The molecule has 6 heteroatoms. The van der Waals surface area contributed by atoms with E-state index >= 15 is 0 Å². The van der Waals surface area contributed by atoms with Crippen LogP contribution in [0.5, 0.6) is 0 Å². The van der Waals surface area contributed by atoms with Crippen molar-refractivity contribution >= 4 is 54.5 Å². The fourth-order valence-electron chi connectivity index (χ4n) is 9.11. The second-order valence-corrected chi connectivity index (χ2v) is 15.4. The number of hydrogen-bond donors (Lipinski definition) is 0. The summed E-state index contributed by atoms with van der Waals surface area (Å²) in [6.07, 6.45) is 0. The highest BCUT2D eigenvalue weighted by Gasteiger charge is 2.23. The summed E-state index contributed by atoms with van der Waals surface area (Å²) in [7, 11) is 0. The van der Waals surface area contributed by atoms with Crippen LogP contribution >= 0.6 is 0 Å². The number of benzene rings is 8. The summed E-state index contributed by atoms with van der Waals surface area (Å²) in [5.41, 5.74) is 12.6. The number of pyridine rings is 1. The molecular weight excluding hydrogens is 747 g/mol. The number of hydrogen-bond acceptors (Lipinski definition) is 3. The number of para-hydroxylation sites is 3. The molecule has 0 unspecified atom stereocenters. The molecule has 0 amide bonds. The van der Waals surface area contributed by atoms with Crippen LogP contribution in [-0.4, -0.2) is 23.7 Å². The first kappa shape index (κ1) is 34.7. The largest absolute Gasteiger partial charge is 0.307 e. The molecule has 61 heavy (non-hydrogen) atoms. The van der Waals surface area contributed by atoms with Gasteiger partial charge >= 0.3 is 0 Å². The SMILES string of the molecule is O=c1c2ccccc2c2c(c3cc(-c4ccc5c(c4)c4ccccc4n5-c4nc(-c5ccccc5)cc(-c5ccccc5)n4)ccc3n2-c2ccccc2)n1-c1ccccc1. The smallest absolute Gasteiger partial charge is 0.263 e. The normalized spacial score (nSPS) is 11.7. The molecule has 0 atom stereocenters. The van der Waals surface area contributed by atoms with E-state index < -0.39 is 0 Å². The van der Waals surface area contributed by atoms with E-state index in [9.17, 15) is 4.79 Å². The first-order valence-corrected chi connectivity index (χ1v) is 20.5. The second-order valence-electron chi connectivity index (χ2n) is 15.4. The average molecular weight is 782 g/mol. The minimum atomic E-state index is -0.0463. The van der Waals surface area contributed by atoms with E-state index in [1.807, 2.05) is 95.6 Å². The van der Waals surface area contributed by atoms with Gasteiger partial charge in [0, 0.05) is 49.4 Å². The van der Waals surface area contributed by atoms with Crippen molar-refractivity contribution in [2.75, 3.05) is 0 Å². The molecule has 0 radical (unpaired) electrons. The van der Waals surface area contributed by atoms with Crippen molar-refractivity contribution in [3.8, 4) is 51.0 Å². The molecule has 12 rings (SSSR count). The Kier molecular flexibility index (Phi) is 7.90. The molecule has 0 saturated heterocycles. The van der Waals surface area contributed by atoms with Crippen LogP contribution in [0.25, 0.3) is 105 Å². The Bertz CT molecular complexity index is 3640. The molecule has 0 N–H and O–H groups in total. The van der Waals surface area contributed by atoms with Gasteiger partial charge in [0.05, 0.1) is 39.0 Å². The third-order valence-electron chi connectivity index (χ3n) is 11.9. The zero-order chi connectivity index (χ0) is 40.4. The van der Waals surface area contributed by atoms with E-state index in [0.717, 1.165) is 94.1 Å². The summed E-state index contributed by atoms with van der Waals surface area (Å²) in [5.74, 6) is 0.611. The molecule has 0 bridgehead atoms. The van der Waals surface area contributed by atoms with E-state index in [4.69, 9.17) is 9.97 Å². The van der Waals surface area contributed by atoms with Crippen molar-refractivity contribution in [1.29, 1.82) is 0 Å². The number of fused-ring (bicyclic) bond motifs is 8. The zero-order valence-corrected chi connectivity index (χ0v) is 32.9. The van der Waals surface area contributed by atoms with Crippen molar-refractivity contribution in [2.45, 2.75) is 0 Å². The van der Waals surface area contributed by atoms with Gasteiger partial charge in [-0.25, -0.2) is 9.97 Å². The van der Waals surface area contributed by atoms with Crippen LogP contribution in [0.4, 0.5) is 0 Å². The molecular formula is C55H35N5O. The summed E-state index contributed by atoms with van der Waals surface area (Å²) in [6.45, 7) is 0. The van der Waals surface area contributed by atoms with Crippen LogP contribution in [-0.2, 0) is 0 Å². The lowest BCUT2D eigenvalue weighted by Gasteiger charge is -2.13. The van der Waals surface area contributed by atoms with Gasteiger partial charge in [-0.1, -0.05) is 146 Å². The molecule has 12 aromatic rings. The fourth-order valence-corrected chi connectivity index (χ4v) is 9.11. The average Bonchev–Trinajstić information content (AvgIpc) is 3.85. The first-order chi connectivity index (χ1) is 30.2. The van der Waals surface area contributed by atoms with Crippen LogP contribution in [0.15, 0.2) is 217 Å². The van der Waals surface area contributed by atoms with Gasteiger partial charge in [-0.2, -0.15) is 0 Å². The first-order valence-electron chi connectivity index (χ1n) is 20.5. The lowest BCUT2D eigenvalue weighted by molar-refractivity contribution is 0.995. The second kappa shape index (κ2) is 13.9. The van der Waals surface area contributed by atoms with E-state index in [1.165, 1.54) is 0 Å². The van der Waals surface area contributed by atoms with Crippen LogP contribution in [0.1, 0.15) is 0 Å². The number of nitrogens with zero attached hydrogens (tertiary/aromatic N) is 5. The topological polar surface area (TPSA) is 57.6 Å². The predicted octanol–water partition coefficient (Wildman–Crippen LogP) is 13.0. The summed E-state index contributed by atoms with van der Waals surface area (Å²) >= 11 is 0. The molecule has 4 aromatic heterocycles. The van der Waals surface area contributed by atoms with E-state index in [-0.39, 0.29) is 5.56 Å². The molecule has 0 aliphatic heterocycles. The highest BCUT2D eigenvalue weighted by molar-refractivity contribution is 6.18. The van der Waals surface area contributed by atoms with Gasteiger partial charge in [-0.05, 0) is 77.9 Å². The third-order valence-corrected chi connectivity index (χ3v) is 11.9. The predicted molar refractivity (Wildman–Crippen MR) is 250 cm³/mol. The van der Waals surface area contributed by atoms with Gasteiger partial charge in [0.15, 0.2) is 0 Å². The Hall–Kier alpha value is -8.35. The summed E-state index contributed by atoms with van der Waals surface area (Å²) in [6, 6.07) is 72.8. The van der Waals surface area contributed by atoms with Crippen molar-refractivity contribution < 1.29 is 0 Å². The van der Waals surface area contributed by atoms with E-state index in [0.29, 0.717) is 11.3 Å². The molecule has 0 spiro atoms. The lowest BCUT2D eigenvalue weighted by Crippen LogP contribution is -2.19. The van der Waals surface area contributed by atoms with Crippen molar-refractivity contribution in [1.82, 2.24) is 23.7 Å². The van der Waals surface area contributed by atoms with Crippen LogP contribution in [0.2, 0.25) is 0 Å². The highest BCUT2D eigenvalue weighted by Crippen LogP contribution is 2.40.